The molecule has 1 aliphatic rings. The number of carbonyl (C=O) groups excluding carboxylic acids is 1. The third kappa shape index (κ3) is 3.97. The molecule has 0 fully saturated rings. The highest BCUT2D eigenvalue weighted by Crippen LogP contribution is 2.50. The van der Waals surface area contributed by atoms with E-state index in [1.54, 1.807) is 21.3 Å². The lowest BCUT2D eigenvalue weighted by Gasteiger charge is -2.36. The van der Waals surface area contributed by atoms with Crippen molar-refractivity contribution in [3.05, 3.63) is 95.1 Å². The van der Waals surface area contributed by atoms with E-state index < -0.39 is 0 Å². The molecule has 4 aromatic carbocycles. The number of amides is 1. The van der Waals surface area contributed by atoms with Gasteiger partial charge in [-0.1, -0.05) is 66.2 Å². The molecule has 5 rings (SSSR count). The van der Waals surface area contributed by atoms with Crippen molar-refractivity contribution >= 4 is 22.4 Å². The van der Waals surface area contributed by atoms with E-state index >= 15 is 0 Å². The summed E-state index contributed by atoms with van der Waals surface area (Å²) in [7, 11) is 4.83. The maximum Gasteiger partial charge on any atom is 0.228 e. The van der Waals surface area contributed by atoms with Crippen LogP contribution in [0.1, 0.15) is 34.6 Å². The Morgan fingerprint density at radius 2 is 1.66 bits per heavy atom. The summed E-state index contributed by atoms with van der Waals surface area (Å²) in [6.45, 7) is 2.60. The zero-order chi connectivity index (χ0) is 24.5. The van der Waals surface area contributed by atoms with Crippen LogP contribution in [0, 0.1) is 6.92 Å². The highest BCUT2D eigenvalue weighted by atomic mass is 16.5. The Morgan fingerprint density at radius 3 is 2.40 bits per heavy atom. The van der Waals surface area contributed by atoms with Crippen molar-refractivity contribution < 1.29 is 19.0 Å². The van der Waals surface area contributed by atoms with Crippen LogP contribution in [0.3, 0.4) is 0 Å². The van der Waals surface area contributed by atoms with Gasteiger partial charge in [-0.05, 0) is 41.0 Å². The number of aryl methyl sites for hydroxylation is 1. The first-order valence-corrected chi connectivity index (χ1v) is 11.7. The zero-order valence-electron chi connectivity index (χ0n) is 20.5. The SMILES string of the molecule is COc1ccc(C2CC(=O)N(Cc3cccc(C)c3)c3ccc4ccccc4c32)c(OC)c1OC. The number of carbonyl (C=O) groups is 1. The summed E-state index contributed by atoms with van der Waals surface area (Å²) in [5, 5.41) is 2.27. The smallest absolute Gasteiger partial charge is 0.228 e. The van der Waals surface area contributed by atoms with Crippen LogP contribution in [0.2, 0.25) is 0 Å². The van der Waals surface area contributed by atoms with E-state index in [4.69, 9.17) is 14.2 Å². The van der Waals surface area contributed by atoms with Gasteiger partial charge in [-0.15, -0.1) is 0 Å². The number of methoxy groups -OCH3 is 3. The van der Waals surface area contributed by atoms with Gasteiger partial charge in [0.25, 0.3) is 0 Å². The van der Waals surface area contributed by atoms with E-state index in [1.807, 2.05) is 35.2 Å². The van der Waals surface area contributed by atoms with Crippen molar-refractivity contribution in [2.75, 3.05) is 26.2 Å². The molecule has 5 heteroatoms. The van der Waals surface area contributed by atoms with Gasteiger partial charge in [-0.3, -0.25) is 4.79 Å². The minimum atomic E-state index is -0.188. The Labute approximate surface area is 205 Å². The van der Waals surface area contributed by atoms with Gasteiger partial charge in [0.1, 0.15) is 0 Å². The van der Waals surface area contributed by atoms with Crippen molar-refractivity contribution in [1.82, 2.24) is 0 Å². The summed E-state index contributed by atoms with van der Waals surface area (Å²) in [4.78, 5) is 15.6. The van der Waals surface area contributed by atoms with Crippen molar-refractivity contribution in [2.24, 2.45) is 0 Å². The molecule has 0 aromatic heterocycles. The summed E-state index contributed by atoms with van der Waals surface area (Å²) in [6, 6.07) is 24.7. The third-order valence-electron chi connectivity index (χ3n) is 6.80. The van der Waals surface area contributed by atoms with Gasteiger partial charge in [-0.25, -0.2) is 0 Å². The monoisotopic (exact) mass is 467 g/mol. The quantitative estimate of drug-likeness (QED) is 0.337. The highest BCUT2D eigenvalue weighted by Gasteiger charge is 2.36. The predicted molar refractivity (Wildman–Crippen MR) is 139 cm³/mol. The summed E-state index contributed by atoms with van der Waals surface area (Å²) < 4.78 is 17.0. The van der Waals surface area contributed by atoms with Crippen molar-refractivity contribution in [3.63, 3.8) is 0 Å². The van der Waals surface area contributed by atoms with Crippen LogP contribution in [0.5, 0.6) is 17.2 Å². The van der Waals surface area contributed by atoms with Crippen LogP contribution in [0.4, 0.5) is 5.69 Å². The maximum atomic E-state index is 13.7. The number of nitrogens with zero attached hydrogens (tertiary/aromatic N) is 1. The number of anilines is 1. The Balaban J connectivity index is 1.72. The molecule has 5 nitrogen and oxygen atoms in total. The van der Waals surface area contributed by atoms with Crippen molar-refractivity contribution in [2.45, 2.75) is 25.8 Å². The minimum Gasteiger partial charge on any atom is -0.493 e. The van der Waals surface area contributed by atoms with Gasteiger partial charge < -0.3 is 19.1 Å². The molecule has 0 spiro atoms. The van der Waals surface area contributed by atoms with Gasteiger partial charge >= 0.3 is 0 Å². The van der Waals surface area contributed by atoms with E-state index in [0.29, 0.717) is 30.2 Å². The second-order valence-corrected chi connectivity index (χ2v) is 8.87. The van der Waals surface area contributed by atoms with Crippen LogP contribution in [0.15, 0.2) is 72.8 Å². The Hall–Kier alpha value is -3.99. The van der Waals surface area contributed by atoms with E-state index in [0.717, 1.165) is 33.2 Å². The number of hydrogen-bond donors (Lipinski definition) is 0. The molecule has 35 heavy (non-hydrogen) atoms. The van der Waals surface area contributed by atoms with Gasteiger partial charge in [-0.2, -0.15) is 0 Å². The average molecular weight is 468 g/mol. The van der Waals surface area contributed by atoms with Gasteiger partial charge in [0, 0.05) is 23.6 Å². The normalized spacial score (nSPS) is 15.1. The molecular weight excluding hydrogens is 438 g/mol. The molecule has 1 atom stereocenters. The van der Waals surface area contributed by atoms with Crippen molar-refractivity contribution in [3.8, 4) is 17.2 Å². The summed E-state index contributed by atoms with van der Waals surface area (Å²) >= 11 is 0. The second kappa shape index (κ2) is 9.34. The standard InChI is InChI=1S/C30H29NO4/c1-19-8-7-9-20(16-19)18-31-25-14-12-21-10-5-6-11-22(21)28(25)24(17-27(31)32)23-13-15-26(33-2)30(35-4)29(23)34-3/h5-16,24H,17-18H2,1-4H3. The number of fused-ring (bicyclic) bond motifs is 3. The molecule has 0 bridgehead atoms. The summed E-state index contributed by atoms with van der Waals surface area (Å²) in [5.74, 6) is 1.61. The van der Waals surface area contributed by atoms with Crippen LogP contribution >= 0.6 is 0 Å². The Morgan fingerprint density at radius 1 is 0.857 bits per heavy atom. The molecule has 1 aliphatic heterocycles. The van der Waals surface area contributed by atoms with Crippen LogP contribution in [-0.2, 0) is 11.3 Å². The fraction of sp³-hybridized carbons (Fsp3) is 0.233. The van der Waals surface area contributed by atoms with Gasteiger partial charge in [0.2, 0.25) is 11.7 Å². The first kappa shape index (κ1) is 22.8. The molecule has 0 N–H and O–H groups in total. The Bertz CT molecular complexity index is 1410. The molecule has 1 heterocycles. The van der Waals surface area contributed by atoms with Crippen LogP contribution in [0.25, 0.3) is 10.8 Å². The number of rotatable bonds is 6. The summed E-state index contributed by atoms with van der Waals surface area (Å²) in [6.07, 6.45) is 0.332. The van der Waals surface area contributed by atoms with E-state index in [2.05, 4.69) is 49.4 Å². The van der Waals surface area contributed by atoms with E-state index in [9.17, 15) is 4.79 Å². The number of ether oxygens (including phenoxy) is 3. The first-order valence-electron chi connectivity index (χ1n) is 11.7. The van der Waals surface area contributed by atoms with Gasteiger partial charge in [0.05, 0.1) is 27.9 Å². The molecule has 0 saturated carbocycles. The highest BCUT2D eigenvalue weighted by molar-refractivity contribution is 6.03. The fourth-order valence-electron chi connectivity index (χ4n) is 5.24. The molecule has 0 aliphatic carbocycles. The van der Waals surface area contributed by atoms with Gasteiger partial charge in [0.15, 0.2) is 11.5 Å². The minimum absolute atomic E-state index is 0.0797. The third-order valence-corrected chi connectivity index (χ3v) is 6.80. The second-order valence-electron chi connectivity index (χ2n) is 8.87. The van der Waals surface area contributed by atoms with E-state index in [1.165, 1.54) is 5.56 Å². The molecule has 1 amide bonds. The van der Waals surface area contributed by atoms with E-state index in [-0.39, 0.29) is 11.8 Å². The zero-order valence-corrected chi connectivity index (χ0v) is 20.5. The molecule has 4 aromatic rings. The largest absolute Gasteiger partial charge is 0.493 e. The van der Waals surface area contributed by atoms with Crippen LogP contribution in [-0.4, -0.2) is 27.2 Å². The molecule has 1 unspecified atom stereocenters. The average Bonchev–Trinajstić information content (AvgIpc) is 2.88. The first-order chi connectivity index (χ1) is 17.0. The number of benzene rings is 4. The van der Waals surface area contributed by atoms with Crippen molar-refractivity contribution in [1.29, 1.82) is 0 Å². The molecule has 0 saturated heterocycles. The Kier molecular flexibility index (Phi) is 6.08. The number of hydrogen-bond acceptors (Lipinski definition) is 4. The molecule has 0 radical (unpaired) electrons. The fourth-order valence-corrected chi connectivity index (χ4v) is 5.24. The predicted octanol–water partition coefficient (Wildman–Crippen LogP) is 6.24. The lowest BCUT2D eigenvalue weighted by atomic mass is 9.80. The lowest BCUT2D eigenvalue weighted by Crippen LogP contribution is -2.36. The lowest BCUT2D eigenvalue weighted by molar-refractivity contribution is -0.119. The molecule has 178 valence electrons. The topological polar surface area (TPSA) is 48.0 Å². The maximum absolute atomic E-state index is 13.7. The molecular formula is C30H29NO4. The summed E-state index contributed by atoms with van der Waals surface area (Å²) in [5.41, 5.74) is 5.26. The van der Waals surface area contributed by atoms with Crippen LogP contribution < -0.4 is 19.1 Å².